The molecule has 7 nitrogen and oxygen atoms in total. The molecule has 1 fully saturated rings. The number of hydrogen-bond donors (Lipinski definition) is 1. The quantitative estimate of drug-likeness (QED) is 0.634. The maximum absolute atomic E-state index is 10.9. The lowest BCUT2D eigenvalue weighted by Gasteiger charge is -2.23. The minimum absolute atomic E-state index is 0.100. The molecule has 94 valence electrons. The van der Waals surface area contributed by atoms with Gasteiger partial charge in [-0.05, 0) is 22.7 Å². The van der Waals surface area contributed by atoms with Crippen molar-refractivity contribution in [1.29, 1.82) is 0 Å². The van der Waals surface area contributed by atoms with Gasteiger partial charge in [-0.15, -0.1) is 0 Å². The Morgan fingerprint density at radius 2 is 2.18 bits per heavy atom. The fourth-order valence-corrected chi connectivity index (χ4v) is 1.92. The molecule has 0 aromatic carbocycles. The molecule has 1 saturated heterocycles. The predicted octanol–water partition coefficient (Wildman–Crippen LogP) is 1.23. The molecule has 2 heterocycles. The van der Waals surface area contributed by atoms with Crippen LogP contribution in [0.1, 0.15) is 18.7 Å². The van der Waals surface area contributed by atoms with Crippen molar-refractivity contribution in [2.24, 2.45) is 7.05 Å². The van der Waals surface area contributed by atoms with Crippen LogP contribution in [0, 0.1) is 17.0 Å². The van der Waals surface area contributed by atoms with Crippen molar-refractivity contribution in [3.63, 3.8) is 0 Å². The molecule has 1 aliphatic heterocycles. The van der Waals surface area contributed by atoms with Crippen molar-refractivity contribution in [1.82, 2.24) is 9.55 Å². The van der Waals surface area contributed by atoms with Crippen molar-refractivity contribution >= 4 is 11.6 Å². The highest BCUT2D eigenvalue weighted by Crippen LogP contribution is 2.26. The number of nitro groups is 1. The number of aromatic nitrogens is 2. The van der Waals surface area contributed by atoms with E-state index in [-0.39, 0.29) is 11.9 Å². The van der Waals surface area contributed by atoms with Gasteiger partial charge < -0.3 is 20.2 Å². The fraction of sp³-hybridized carbons (Fsp3) is 0.700. The van der Waals surface area contributed by atoms with Gasteiger partial charge in [0.15, 0.2) is 0 Å². The molecule has 1 aromatic heterocycles. The summed E-state index contributed by atoms with van der Waals surface area (Å²) < 4.78 is 6.97. The van der Waals surface area contributed by atoms with Crippen molar-refractivity contribution in [3.05, 3.63) is 15.9 Å². The second-order valence-electron chi connectivity index (χ2n) is 4.18. The third kappa shape index (κ3) is 2.38. The van der Waals surface area contributed by atoms with Crippen molar-refractivity contribution in [2.45, 2.75) is 25.8 Å². The van der Waals surface area contributed by atoms with Gasteiger partial charge in [-0.2, -0.15) is 0 Å². The largest absolute Gasteiger partial charge is 0.406 e. The van der Waals surface area contributed by atoms with E-state index < -0.39 is 4.92 Å². The lowest BCUT2D eigenvalue weighted by atomic mass is 10.1. The first kappa shape index (κ1) is 11.8. The zero-order valence-electron chi connectivity index (χ0n) is 9.97. The van der Waals surface area contributed by atoms with Gasteiger partial charge in [0, 0.05) is 33.2 Å². The van der Waals surface area contributed by atoms with Crippen molar-refractivity contribution in [2.75, 3.05) is 18.5 Å². The number of imidazole rings is 1. The van der Waals surface area contributed by atoms with Gasteiger partial charge in [0.2, 0.25) is 11.6 Å². The summed E-state index contributed by atoms with van der Waals surface area (Å²) in [6.07, 6.45) is 1.72. The maximum atomic E-state index is 10.9. The molecule has 1 aromatic rings. The molecule has 0 radical (unpaired) electrons. The Balaban J connectivity index is 2.21. The molecule has 1 aliphatic rings. The lowest BCUT2D eigenvalue weighted by molar-refractivity contribution is -0.388. The van der Waals surface area contributed by atoms with Crippen LogP contribution in [0.15, 0.2) is 0 Å². The van der Waals surface area contributed by atoms with E-state index in [0.29, 0.717) is 24.9 Å². The van der Waals surface area contributed by atoms with Crippen LogP contribution in [0.25, 0.3) is 0 Å². The average molecular weight is 240 g/mol. The average Bonchev–Trinajstić information content (AvgIpc) is 2.59. The first-order chi connectivity index (χ1) is 8.09. The van der Waals surface area contributed by atoms with E-state index in [1.807, 2.05) is 0 Å². The van der Waals surface area contributed by atoms with E-state index in [2.05, 4.69) is 10.3 Å². The highest BCUT2D eigenvalue weighted by atomic mass is 16.6. The molecular formula is C10H16N4O3. The Hall–Kier alpha value is -1.63. The van der Waals surface area contributed by atoms with Crippen molar-refractivity contribution in [3.8, 4) is 0 Å². The minimum Gasteiger partial charge on any atom is -0.381 e. The van der Waals surface area contributed by atoms with Crippen LogP contribution in [0.2, 0.25) is 0 Å². The Morgan fingerprint density at radius 1 is 1.53 bits per heavy atom. The summed E-state index contributed by atoms with van der Waals surface area (Å²) in [7, 11) is 1.77. The summed E-state index contributed by atoms with van der Waals surface area (Å²) in [6, 6.07) is 0.220. The van der Waals surface area contributed by atoms with E-state index in [9.17, 15) is 10.1 Å². The molecule has 0 saturated carbocycles. The SMILES string of the molecule is Cc1nc([N+](=O)[O-])c(NC2CCOCC2)n1C. The number of anilines is 1. The van der Waals surface area contributed by atoms with Crippen LogP contribution >= 0.6 is 0 Å². The highest BCUT2D eigenvalue weighted by molar-refractivity contribution is 5.54. The molecule has 0 bridgehead atoms. The molecule has 0 atom stereocenters. The van der Waals surface area contributed by atoms with Gasteiger partial charge in [-0.3, -0.25) is 4.57 Å². The van der Waals surface area contributed by atoms with E-state index in [0.717, 1.165) is 12.8 Å². The lowest BCUT2D eigenvalue weighted by Crippen LogP contribution is -2.29. The molecule has 7 heteroatoms. The molecule has 0 aliphatic carbocycles. The molecule has 0 spiro atoms. The molecule has 1 N–H and O–H groups in total. The van der Waals surface area contributed by atoms with E-state index in [1.54, 1.807) is 18.5 Å². The van der Waals surface area contributed by atoms with Crippen LogP contribution in [0.4, 0.5) is 11.6 Å². The number of nitrogens with zero attached hydrogens (tertiary/aromatic N) is 3. The topological polar surface area (TPSA) is 82.2 Å². The van der Waals surface area contributed by atoms with Gasteiger partial charge in [0.25, 0.3) is 0 Å². The summed E-state index contributed by atoms with van der Waals surface area (Å²) >= 11 is 0. The number of aryl methyl sites for hydroxylation is 1. The van der Waals surface area contributed by atoms with Gasteiger partial charge in [0.1, 0.15) is 0 Å². The van der Waals surface area contributed by atoms with Crippen LogP contribution in [-0.4, -0.2) is 33.7 Å². The molecule has 17 heavy (non-hydrogen) atoms. The Kier molecular flexibility index (Phi) is 3.28. The van der Waals surface area contributed by atoms with Gasteiger partial charge in [-0.1, -0.05) is 0 Å². The van der Waals surface area contributed by atoms with Crippen LogP contribution in [0.3, 0.4) is 0 Å². The number of nitrogens with one attached hydrogen (secondary N) is 1. The summed E-state index contributed by atoms with van der Waals surface area (Å²) in [5.74, 6) is 1.02. The van der Waals surface area contributed by atoms with Gasteiger partial charge >= 0.3 is 5.82 Å². The fourth-order valence-electron chi connectivity index (χ4n) is 1.92. The molecular weight excluding hydrogens is 224 g/mol. The standard InChI is InChI=1S/C10H16N4O3/c1-7-11-10(14(15)16)9(13(7)2)12-8-3-5-17-6-4-8/h8,12H,3-6H2,1-2H3. The third-order valence-electron chi connectivity index (χ3n) is 3.04. The zero-order valence-corrected chi connectivity index (χ0v) is 9.97. The minimum atomic E-state index is -0.450. The van der Waals surface area contributed by atoms with Crippen LogP contribution < -0.4 is 5.32 Å². The van der Waals surface area contributed by atoms with E-state index >= 15 is 0 Å². The monoisotopic (exact) mass is 240 g/mol. The van der Waals surface area contributed by atoms with Gasteiger partial charge in [0.05, 0.1) is 0 Å². The summed E-state index contributed by atoms with van der Waals surface area (Å²) in [5, 5.41) is 14.1. The molecule has 0 unspecified atom stereocenters. The second-order valence-corrected chi connectivity index (χ2v) is 4.18. The van der Waals surface area contributed by atoms with Crippen LogP contribution in [0.5, 0.6) is 0 Å². The van der Waals surface area contributed by atoms with E-state index in [1.165, 1.54) is 0 Å². The Labute approximate surface area is 98.9 Å². The summed E-state index contributed by atoms with van der Waals surface area (Å²) in [5.41, 5.74) is 0. The predicted molar refractivity (Wildman–Crippen MR) is 62.1 cm³/mol. The third-order valence-corrected chi connectivity index (χ3v) is 3.04. The molecule has 2 rings (SSSR count). The number of ether oxygens (including phenoxy) is 1. The van der Waals surface area contributed by atoms with Crippen molar-refractivity contribution < 1.29 is 9.66 Å². The first-order valence-electron chi connectivity index (χ1n) is 5.61. The molecule has 0 amide bonds. The first-order valence-corrected chi connectivity index (χ1v) is 5.61. The number of hydrogen-bond acceptors (Lipinski definition) is 5. The maximum Gasteiger partial charge on any atom is 0.406 e. The zero-order chi connectivity index (χ0) is 12.4. The van der Waals surface area contributed by atoms with Crippen LogP contribution in [-0.2, 0) is 11.8 Å². The Morgan fingerprint density at radius 3 is 2.76 bits per heavy atom. The number of rotatable bonds is 3. The van der Waals surface area contributed by atoms with E-state index in [4.69, 9.17) is 4.74 Å². The van der Waals surface area contributed by atoms with Gasteiger partial charge in [-0.25, -0.2) is 0 Å². The Bertz CT molecular complexity index is 423. The highest BCUT2D eigenvalue weighted by Gasteiger charge is 2.26. The summed E-state index contributed by atoms with van der Waals surface area (Å²) in [6.45, 7) is 3.15. The summed E-state index contributed by atoms with van der Waals surface area (Å²) in [4.78, 5) is 14.4. The normalized spacial score (nSPS) is 17.1. The smallest absolute Gasteiger partial charge is 0.381 e. The second kappa shape index (κ2) is 4.70.